The van der Waals surface area contributed by atoms with E-state index < -0.39 is 11.5 Å². The first-order chi connectivity index (χ1) is 9.36. The van der Waals surface area contributed by atoms with Crippen molar-refractivity contribution in [3.05, 3.63) is 35.4 Å². The summed E-state index contributed by atoms with van der Waals surface area (Å²) in [6, 6.07) is 6.70. The van der Waals surface area contributed by atoms with E-state index in [2.05, 4.69) is 5.32 Å². The SMILES string of the molecule is CCCC(C)(N)C(=O)NCCc1cccc(C(=O)O)c1. The number of nitrogens with two attached hydrogens (primary N) is 1. The first kappa shape index (κ1) is 16.2. The van der Waals surface area contributed by atoms with E-state index in [0.29, 0.717) is 19.4 Å². The first-order valence-corrected chi connectivity index (χ1v) is 6.76. The second-order valence-electron chi connectivity index (χ2n) is 5.18. The number of benzene rings is 1. The summed E-state index contributed by atoms with van der Waals surface area (Å²) in [6.07, 6.45) is 2.06. The second kappa shape index (κ2) is 7.05. The van der Waals surface area contributed by atoms with Crippen molar-refractivity contribution in [2.24, 2.45) is 5.73 Å². The Morgan fingerprint density at radius 1 is 1.40 bits per heavy atom. The smallest absolute Gasteiger partial charge is 0.335 e. The summed E-state index contributed by atoms with van der Waals surface area (Å²) >= 11 is 0. The van der Waals surface area contributed by atoms with E-state index in [0.717, 1.165) is 12.0 Å². The van der Waals surface area contributed by atoms with Crippen LogP contribution in [0.5, 0.6) is 0 Å². The maximum atomic E-state index is 11.9. The molecule has 0 fully saturated rings. The number of carbonyl (C=O) groups is 2. The Bertz CT molecular complexity index is 484. The van der Waals surface area contributed by atoms with Gasteiger partial charge in [0, 0.05) is 6.54 Å². The molecule has 0 aliphatic rings. The molecular weight excluding hydrogens is 256 g/mol. The molecule has 0 aromatic heterocycles. The Kier molecular flexibility index (Phi) is 5.70. The molecule has 0 spiro atoms. The standard InChI is InChI=1S/C15H22N2O3/c1-3-8-15(2,16)14(20)17-9-7-11-5-4-6-12(10-11)13(18)19/h4-6,10H,3,7-9,16H2,1-2H3,(H,17,20)(H,18,19). The zero-order valence-corrected chi connectivity index (χ0v) is 12.0. The van der Waals surface area contributed by atoms with Crippen LogP contribution in [0.3, 0.4) is 0 Å². The number of carbonyl (C=O) groups excluding carboxylic acids is 1. The molecule has 0 aliphatic heterocycles. The Hall–Kier alpha value is -1.88. The minimum atomic E-state index is -0.951. The fourth-order valence-electron chi connectivity index (χ4n) is 2.02. The molecule has 0 heterocycles. The van der Waals surface area contributed by atoms with Gasteiger partial charge in [0.25, 0.3) is 0 Å². The molecule has 1 rings (SSSR count). The first-order valence-electron chi connectivity index (χ1n) is 6.76. The minimum absolute atomic E-state index is 0.172. The van der Waals surface area contributed by atoms with Gasteiger partial charge in [0.1, 0.15) is 0 Å². The van der Waals surface area contributed by atoms with Crippen LogP contribution in [-0.4, -0.2) is 29.1 Å². The van der Waals surface area contributed by atoms with Gasteiger partial charge in [-0.3, -0.25) is 4.79 Å². The molecule has 1 amide bonds. The van der Waals surface area contributed by atoms with E-state index in [9.17, 15) is 9.59 Å². The summed E-state index contributed by atoms with van der Waals surface area (Å²) in [7, 11) is 0. The predicted molar refractivity (Wildman–Crippen MR) is 77.6 cm³/mol. The van der Waals surface area contributed by atoms with Crippen LogP contribution >= 0.6 is 0 Å². The molecule has 4 N–H and O–H groups in total. The lowest BCUT2D eigenvalue weighted by Gasteiger charge is -2.22. The molecule has 1 aromatic rings. The molecule has 0 radical (unpaired) electrons. The zero-order valence-electron chi connectivity index (χ0n) is 12.0. The van der Waals surface area contributed by atoms with E-state index in [1.54, 1.807) is 25.1 Å². The van der Waals surface area contributed by atoms with E-state index >= 15 is 0 Å². The number of rotatable bonds is 7. The normalized spacial score (nSPS) is 13.6. The minimum Gasteiger partial charge on any atom is -0.478 e. The Morgan fingerprint density at radius 2 is 2.10 bits per heavy atom. The van der Waals surface area contributed by atoms with Crippen molar-refractivity contribution in [1.82, 2.24) is 5.32 Å². The number of carboxylic acids is 1. The van der Waals surface area contributed by atoms with Gasteiger partial charge in [-0.15, -0.1) is 0 Å². The fourth-order valence-corrected chi connectivity index (χ4v) is 2.02. The third kappa shape index (κ3) is 4.66. The van der Waals surface area contributed by atoms with E-state index in [1.165, 1.54) is 0 Å². The fraction of sp³-hybridized carbons (Fsp3) is 0.467. The van der Waals surface area contributed by atoms with Crippen molar-refractivity contribution >= 4 is 11.9 Å². The van der Waals surface area contributed by atoms with Gasteiger partial charge in [0.2, 0.25) is 5.91 Å². The lowest BCUT2D eigenvalue weighted by Crippen LogP contribution is -2.51. The Morgan fingerprint density at radius 3 is 2.70 bits per heavy atom. The Balaban J connectivity index is 2.50. The molecule has 0 saturated carbocycles. The van der Waals surface area contributed by atoms with E-state index in [-0.39, 0.29) is 11.5 Å². The molecule has 5 heteroatoms. The van der Waals surface area contributed by atoms with E-state index in [4.69, 9.17) is 10.8 Å². The van der Waals surface area contributed by atoms with Crippen LogP contribution in [0.25, 0.3) is 0 Å². The number of nitrogens with one attached hydrogen (secondary N) is 1. The summed E-state index contributed by atoms with van der Waals surface area (Å²) < 4.78 is 0. The highest BCUT2D eigenvalue weighted by Crippen LogP contribution is 2.09. The molecule has 1 aromatic carbocycles. The average molecular weight is 278 g/mol. The third-order valence-corrected chi connectivity index (χ3v) is 3.16. The van der Waals surface area contributed by atoms with Crippen LogP contribution in [0.1, 0.15) is 42.6 Å². The topological polar surface area (TPSA) is 92.4 Å². The van der Waals surface area contributed by atoms with Crippen molar-refractivity contribution < 1.29 is 14.7 Å². The summed E-state index contributed by atoms with van der Waals surface area (Å²) in [5.74, 6) is -1.12. The van der Waals surface area contributed by atoms with Crippen molar-refractivity contribution in [2.45, 2.75) is 38.6 Å². The van der Waals surface area contributed by atoms with Crippen LogP contribution in [0.2, 0.25) is 0 Å². The number of hydrogen-bond donors (Lipinski definition) is 3. The molecule has 0 bridgehead atoms. The van der Waals surface area contributed by atoms with Crippen LogP contribution in [0.15, 0.2) is 24.3 Å². The highest BCUT2D eigenvalue weighted by atomic mass is 16.4. The highest BCUT2D eigenvalue weighted by molar-refractivity contribution is 5.87. The molecule has 0 aliphatic carbocycles. The van der Waals surface area contributed by atoms with Crippen molar-refractivity contribution in [1.29, 1.82) is 0 Å². The lowest BCUT2D eigenvalue weighted by atomic mass is 9.96. The monoisotopic (exact) mass is 278 g/mol. The molecule has 20 heavy (non-hydrogen) atoms. The van der Waals surface area contributed by atoms with Crippen LogP contribution < -0.4 is 11.1 Å². The second-order valence-corrected chi connectivity index (χ2v) is 5.18. The number of carboxylic acid groups (broad SMARTS) is 1. The van der Waals surface area contributed by atoms with Gasteiger partial charge < -0.3 is 16.2 Å². The van der Waals surface area contributed by atoms with Crippen molar-refractivity contribution in [3.8, 4) is 0 Å². The predicted octanol–water partition coefficient (Wildman–Crippen LogP) is 1.56. The highest BCUT2D eigenvalue weighted by Gasteiger charge is 2.26. The van der Waals surface area contributed by atoms with Crippen molar-refractivity contribution in [2.75, 3.05) is 6.54 Å². The largest absolute Gasteiger partial charge is 0.478 e. The van der Waals surface area contributed by atoms with Crippen LogP contribution in [-0.2, 0) is 11.2 Å². The molecule has 1 unspecified atom stereocenters. The van der Waals surface area contributed by atoms with E-state index in [1.807, 2.05) is 13.0 Å². The summed E-state index contributed by atoms with van der Waals surface area (Å²) in [5.41, 5.74) is 6.20. The zero-order chi connectivity index (χ0) is 15.2. The molecule has 1 atom stereocenters. The van der Waals surface area contributed by atoms with Gasteiger partial charge in [-0.1, -0.05) is 25.5 Å². The van der Waals surface area contributed by atoms with Gasteiger partial charge in [-0.05, 0) is 37.5 Å². The van der Waals surface area contributed by atoms with Gasteiger partial charge in [0.15, 0.2) is 0 Å². The number of aromatic carboxylic acids is 1. The van der Waals surface area contributed by atoms with Crippen LogP contribution in [0.4, 0.5) is 0 Å². The van der Waals surface area contributed by atoms with Gasteiger partial charge in [-0.2, -0.15) is 0 Å². The van der Waals surface area contributed by atoms with Gasteiger partial charge in [0.05, 0.1) is 11.1 Å². The third-order valence-electron chi connectivity index (χ3n) is 3.16. The summed E-state index contributed by atoms with van der Waals surface area (Å²) in [5, 5.41) is 11.7. The average Bonchev–Trinajstić information content (AvgIpc) is 2.38. The summed E-state index contributed by atoms with van der Waals surface area (Å²) in [4.78, 5) is 22.7. The summed E-state index contributed by atoms with van der Waals surface area (Å²) in [6.45, 7) is 4.14. The maximum Gasteiger partial charge on any atom is 0.335 e. The van der Waals surface area contributed by atoms with Gasteiger partial charge >= 0.3 is 5.97 Å². The molecule has 5 nitrogen and oxygen atoms in total. The quantitative estimate of drug-likeness (QED) is 0.705. The molecule has 110 valence electrons. The molecule has 0 saturated heterocycles. The van der Waals surface area contributed by atoms with Crippen LogP contribution in [0, 0.1) is 0 Å². The number of amides is 1. The van der Waals surface area contributed by atoms with Crippen molar-refractivity contribution in [3.63, 3.8) is 0 Å². The maximum absolute atomic E-state index is 11.9. The Labute approximate surface area is 119 Å². The lowest BCUT2D eigenvalue weighted by molar-refractivity contribution is -0.126. The van der Waals surface area contributed by atoms with Gasteiger partial charge in [-0.25, -0.2) is 4.79 Å². The number of hydrogen-bond acceptors (Lipinski definition) is 3. The molecular formula is C15H22N2O3.